The summed E-state index contributed by atoms with van der Waals surface area (Å²) in [5.41, 5.74) is 0.972. The van der Waals surface area contributed by atoms with Crippen LogP contribution in [-0.2, 0) is 14.8 Å². The van der Waals surface area contributed by atoms with Gasteiger partial charge >= 0.3 is 0 Å². The normalized spacial score (nSPS) is 16.3. The minimum Gasteiger partial charge on any atom is -0.325 e. The van der Waals surface area contributed by atoms with Crippen molar-refractivity contribution in [3.8, 4) is 0 Å². The van der Waals surface area contributed by atoms with E-state index in [2.05, 4.69) is 5.32 Å². The SMILES string of the molecule is O=C(C[NH+]1CCN(S(=O)(=O)/C=C/c2ccccc2)CC1)Nc1ccccc1F. The van der Waals surface area contributed by atoms with Crippen LogP contribution in [0.3, 0.4) is 0 Å². The molecule has 28 heavy (non-hydrogen) atoms. The van der Waals surface area contributed by atoms with Gasteiger partial charge in [-0.1, -0.05) is 42.5 Å². The second kappa shape index (κ2) is 9.09. The summed E-state index contributed by atoms with van der Waals surface area (Å²) < 4.78 is 40.0. The summed E-state index contributed by atoms with van der Waals surface area (Å²) >= 11 is 0. The summed E-state index contributed by atoms with van der Waals surface area (Å²) in [5, 5.41) is 3.78. The third-order valence-corrected chi connectivity index (χ3v) is 6.14. The standard InChI is InChI=1S/C20H22FN3O3S/c21-18-8-4-5-9-19(18)22-20(25)16-23-11-13-24(14-12-23)28(26,27)15-10-17-6-2-1-3-7-17/h1-10,15H,11-14,16H2,(H,22,25)/p+1/b15-10+. The molecular formula is C20H23FN3O3S+. The summed E-state index contributed by atoms with van der Waals surface area (Å²) in [6, 6.07) is 15.2. The third-order valence-electron chi connectivity index (χ3n) is 4.58. The van der Waals surface area contributed by atoms with Gasteiger partial charge in [0.05, 0.1) is 31.9 Å². The molecule has 0 bridgehead atoms. The van der Waals surface area contributed by atoms with Crippen LogP contribution in [0.4, 0.5) is 10.1 Å². The monoisotopic (exact) mass is 404 g/mol. The lowest BCUT2D eigenvalue weighted by Crippen LogP contribution is -3.15. The Bertz CT molecular complexity index is 940. The molecule has 0 aliphatic carbocycles. The fraction of sp³-hybridized carbons (Fsp3) is 0.250. The molecule has 1 fully saturated rings. The van der Waals surface area contributed by atoms with Gasteiger partial charge in [-0.25, -0.2) is 12.8 Å². The van der Waals surface area contributed by atoms with E-state index in [1.807, 2.05) is 30.3 Å². The van der Waals surface area contributed by atoms with Gasteiger partial charge in [0.15, 0.2) is 6.54 Å². The number of carbonyl (C=O) groups is 1. The van der Waals surface area contributed by atoms with E-state index in [4.69, 9.17) is 0 Å². The molecule has 1 amide bonds. The average molecular weight is 404 g/mol. The van der Waals surface area contributed by atoms with E-state index >= 15 is 0 Å². The number of hydrogen-bond acceptors (Lipinski definition) is 3. The van der Waals surface area contributed by atoms with Crippen LogP contribution >= 0.6 is 0 Å². The van der Waals surface area contributed by atoms with Crippen LogP contribution in [0.25, 0.3) is 6.08 Å². The number of piperazine rings is 1. The molecule has 1 aliphatic heterocycles. The number of anilines is 1. The van der Waals surface area contributed by atoms with E-state index < -0.39 is 15.8 Å². The van der Waals surface area contributed by atoms with Crippen molar-refractivity contribution in [2.45, 2.75) is 0 Å². The lowest BCUT2D eigenvalue weighted by atomic mass is 10.2. The topological polar surface area (TPSA) is 70.9 Å². The van der Waals surface area contributed by atoms with Crippen LogP contribution in [0.1, 0.15) is 5.56 Å². The number of nitrogens with zero attached hydrogens (tertiary/aromatic N) is 1. The highest BCUT2D eigenvalue weighted by Gasteiger charge is 2.28. The number of sulfonamides is 1. The molecule has 8 heteroatoms. The molecule has 148 valence electrons. The number of hydrogen-bond donors (Lipinski definition) is 2. The first-order valence-corrected chi connectivity index (χ1v) is 10.6. The summed E-state index contributed by atoms with van der Waals surface area (Å²) in [4.78, 5) is 13.1. The van der Waals surface area contributed by atoms with Gasteiger partial charge in [-0.15, -0.1) is 0 Å². The molecule has 1 heterocycles. The molecular weight excluding hydrogens is 381 g/mol. The van der Waals surface area contributed by atoms with E-state index in [9.17, 15) is 17.6 Å². The third kappa shape index (κ3) is 5.48. The number of halogens is 1. The molecule has 6 nitrogen and oxygen atoms in total. The van der Waals surface area contributed by atoms with Gasteiger partial charge in [0.1, 0.15) is 5.82 Å². The van der Waals surface area contributed by atoms with Crippen LogP contribution < -0.4 is 10.2 Å². The van der Waals surface area contributed by atoms with Crippen molar-refractivity contribution in [2.24, 2.45) is 0 Å². The van der Waals surface area contributed by atoms with Gasteiger partial charge in [0, 0.05) is 5.41 Å². The summed E-state index contributed by atoms with van der Waals surface area (Å²) in [6.07, 6.45) is 1.58. The minimum atomic E-state index is -3.50. The number of quaternary nitrogens is 1. The maximum atomic E-state index is 13.6. The van der Waals surface area contributed by atoms with Crippen LogP contribution in [0, 0.1) is 5.82 Å². The van der Waals surface area contributed by atoms with Crippen molar-refractivity contribution in [3.05, 3.63) is 71.4 Å². The molecule has 0 spiro atoms. The second-order valence-electron chi connectivity index (χ2n) is 6.61. The summed E-state index contributed by atoms with van der Waals surface area (Å²) in [7, 11) is -3.50. The van der Waals surface area contributed by atoms with Gasteiger partial charge in [-0.05, 0) is 23.8 Å². The zero-order valence-corrected chi connectivity index (χ0v) is 16.2. The minimum absolute atomic E-state index is 0.152. The largest absolute Gasteiger partial charge is 0.325 e. The number of para-hydroxylation sites is 1. The fourth-order valence-corrected chi connectivity index (χ4v) is 4.23. The lowest BCUT2D eigenvalue weighted by Gasteiger charge is -2.30. The van der Waals surface area contributed by atoms with Crippen LogP contribution in [-0.4, -0.2) is 51.4 Å². The molecule has 0 radical (unpaired) electrons. The molecule has 3 rings (SSSR count). The number of amides is 1. The Labute approximate surface area is 164 Å². The maximum absolute atomic E-state index is 13.6. The molecule has 0 atom stereocenters. The number of nitrogens with one attached hydrogen (secondary N) is 2. The molecule has 0 saturated carbocycles. The molecule has 1 aliphatic rings. The maximum Gasteiger partial charge on any atom is 0.279 e. The van der Waals surface area contributed by atoms with Crippen molar-refractivity contribution in [3.63, 3.8) is 0 Å². The van der Waals surface area contributed by atoms with Crippen LogP contribution in [0.5, 0.6) is 0 Å². The lowest BCUT2D eigenvalue weighted by molar-refractivity contribution is -0.895. The quantitative estimate of drug-likeness (QED) is 0.754. The van der Waals surface area contributed by atoms with E-state index in [1.54, 1.807) is 18.2 Å². The fourth-order valence-electron chi connectivity index (χ4n) is 3.03. The highest BCUT2D eigenvalue weighted by molar-refractivity contribution is 7.92. The van der Waals surface area contributed by atoms with Gasteiger partial charge in [0.25, 0.3) is 5.91 Å². The number of rotatable bonds is 6. The Morgan fingerprint density at radius 2 is 1.71 bits per heavy atom. The van der Waals surface area contributed by atoms with Crippen molar-refractivity contribution >= 4 is 27.7 Å². The van der Waals surface area contributed by atoms with E-state index in [1.165, 1.54) is 21.8 Å². The predicted octanol–water partition coefficient (Wildman–Crippen LogP) is 0.965. The van der Waals surface area contributed by atoms with E-state index in [0.717, 1.165) is 10.5 Å². The molecule has 0 aromatic heterocycles. The Morgan fingerprint density at radius 1 is 1.07 bits per heavy atom. The first kappa shape index (κ1) is 20.2. The van der Waals surface area contributed by atoms with Crippen molar-refractivity contribution < 1.29 is 22.5 Å². The molecule has 2 aromatic carbocycles. The average Bonchev–Trinajstić information content (AvgIpc) is 2.69. The summed E-state index contributed by atoms with van der Waals surface area (Å²) in [6.45, 7) is 1.88. The van der Waals surface area contributed by atoms with Crippen molar-refractivity contribution in [1.82, 2.24) is 4.31 Å². The zero-order chi connectivity index (χ0) is 20.0. The predicted molar refractivity (Wildman–Crippen MR) is 107 cm³/mol. The van der Waals surface area contributed by atoms with Crippen LogP contribution in [0.2, 0.25) is 0 Å². The van der Waals surface area contributed by atoms with E-state index in [-0.39, 0.29) is 18.1 Å². The second-order valence-corrected chi connectivity index (χ2v) is 8.43. The highest BCUT2D eigenvalue weighted by Crippen LogP contribution is 2.12. The molecule has 2 N–H and O–H groups in total. The van der Waals surface area contributed by atoms with Gasteiger partial charge in [-0.3, -0.25) is 4.79 Å². The summed E-state index contributed by atoms with van der Waals surface area (Å²) in [5.74, 6) is -0.771. The number of benzene rings is 2. The van der Waals surface area contributed by atoms with Gasteiger partial charge < -0.3 is 10.2 Å². The Kier molecular flexibility index (Phi) is 6.56. The first-order valence-electron chi connectivity index (χ1n) is 9.05. The van der Waals surface area contributed by atoms with Crippen molar-refractivity contribution in [2.75, 3.05) is 38.0 Å². The molecule has 1 saturated heterocycles. The van der Waals surface area contributed by atoms with Gasteiger partial charge in [-0.2, -0.15) is 4.31 Å². The smallest absolute Gasteiger partial charge is 0.279 e. The Hall–Kier alpha value is -2.55. The highest BCUT2D eigenvalue weighted by atomic mass is 32.2. The van der Waals surface area contributed by atoms with Gasteiger partial charge in [0.2, 0.25) is 10.0 Å². The Balaban J connectivity index is 1.50. The van der Waals surface area contributed by atoms with Crippen molar-refractivity contribution in [1.29, 1.82) is 0 Å². The number of carbonyl (C=O) groups excluding carboxylic acids is 1. The van der Waals surface area contributed by atoms with E-state index in [0.29, 0.717) is 26.2 Å². The Morgan fingerprint density at radius 3 is 2.39 bits per heavy atom. The first-order chi connectivity index (χ1) is 13.4. The molecule has 0 unspecified atom stereocenters. The molecule has 2 aromatic rings. The van der Waals surface area contributed by atoms with Crippen LogP contribution in [0.15, 0.2) is 60.0 Å². The zero-order valence-electron chi connectivity index (χ0n) is 15.3.